The van der Waals surface area contributed by atoms with Gasteiger partial charge in [-0.1, -0.05) is 185 Å². The molecule has 338 valence electrons. The maximum atomic E-state index is 12.6. The van der Waals surface area contributed by atoms with Gasteiger partial charge in [-0.25, -0.2) is 4.57 Å². The molecular formula is C46H84NO10P. The largest absolute Gasteiger partial charge is 0.480 e. The second kappa shape index (κ2) is 41.4. The number of nitrogens with two attached hydrogens (primary N) is 1. The summed E-state index contributed by atoms with van der Waals surface area (Å²) >= 11 is 0. The molecule has 12 heteroatoms. The van der Waals surface area contributed by atoms with Crippen molar-refractivity contribution in [2.24, 2.45) is 5.73 Å². The Morgan fingerprint density at radius 3 is 1.45 bits per heavy atom. The molecule has 11 nitrogen and oxygen atoms in total. The fraction of sp³-hybridized carbons (Fsp3) is 0.804. The summed E-state index contributed by atoms with van der Waals surface area (Å²) in [5, 5.41) is 8.90. The van der Waals surface area contributed by atoms with Crippen molar-refractivity contribution < 1.29 is 47.5 Å². The lowest BCUT2D eigenvalue weighted by molar-refractivity contribution is -0.161. The molecule has 58 heavy (non-hydrogen) atoms. The van der Waals surface area contributed by atoms with Crippen LogP contribution in [0, 0.1) is 0 Å². The van der Waals surface area contributed by atoms with Crippen molar-refractivity contribution in [2.75, 3.05) is 19.8 Å². The average molecular weight is 842 g/mol. The lowest BCUT2D eigenvalue weighted by Gasteiger charge is -2.20. The van der Waals surface area contributed by atoms with Crippen molar-refractivity contribution in [3.63, 3.8) is 0 Å². The van der Waals surface area contributed by atoms with Crippen LogP contribution >= 0.6 is 7.82 Å². The van der Waals surface area contributed by atoms with E-state index in [9.17, 15) is 23.8 Å². The molecule has 0 aromatic rings. The van der Waals surface area contributed by atoms with Crippen LogP contribution in [0.3, 0.4) is 0 Å². The van der Waals surface area contributed by atoms with E-state index < -0.39 is 51.1 Å². The van der Waals surface area contributed by atoms with Gasteiger partial charge in [0.1, 0.15) is 12.6 Å². The van der Waals surface area contributed by atoms with Crippen LogP contribution < -0.4 is 5.73 Å². The second-order valence-corrected chi connectivity index (χ2v) is 17.0. The third-order valence-corrected chi connectivity index (χ3v) is 10.9. The molecule has 0 aromatic heterocycles. The van der Waals surface area contributed by atoms with Gasteiger partial charge in [0.15, 0.2) is 6.10 Å². The normalized spacial score (nSPS) is 14.0. The number of unbranched alkanes of at least 4 members (excludes halogenated alkanes) is 23. The van der Waals surface area contributed by atoms with Crippen LogP contribution in [-0.2, 0) is 37.5 Å². The molecule has 3 unspecified atom stereocenters. The van der Waals surface area contributed by atoms with Crippen LogP contribution in [-0.4, -0.2) is 59.9 Å². The first-order valence-corrected chi connectivity index (χ1v) is 24.5. The predicted molar refractivity (Wildman–Crippen MR) is 235 cm³/mol. The maximum absolute atomic E-state index is 12.6. The number of esters is 2. The highest BCUT2D eigenvalue weighted by molar-refractivity contribution is 7.47. The number of carboxylic acids is 1. The molecule has 0 bridgehead atoms. The SMILES string of the molecule is CC/C=C\C/C=C\C/C=C\CCCCCCCCCC(=O)OC(COC(=O)CCCCCCCCCCCCCCCCCCC)COP(=O)(O)OCC(N)C(=O)O. The van der Waals surface area contributed by atoms with E-state index in [1.807, 2.05) is 0 Å². The minimum atomic E-state index is -4.72. The maximum Gasteiger partial charge on any atom is 0.472 e. The summed E-state index contributed by atoms with van der Waals surface area (Å²) in [4.78, 5) is 46.0. The van der Waals surface area contributed by atoms with Crippen molar-refractivity contribution >= 4 is 25.7 Å². The number of carbonyl (C=O) groups excluding carboxylic acids is 2. The molecular weight excluding hydrogens is 757 g/mol. The van der Waals surface area contributed by atoms with E-state index in [4.69, 9.17) is 24.8 Å². The van der Waals surface area contributed by atoms with Crippen LogP contribution in [0.1, 0.15) is 206 Å². The highest BCUT2D eigenvalue weighted by Gasteiger charge is 2.28. The van der Waals surface area contributed by atoms with Gasteiger partial charge in [-0.15, -0.1) is 0 Å². The van der Waals surface area contributed by atoms with Crippen LogP contribution in [0.15, 0.2) is 36.5 Å². The Morgan fingerprint density at radius 1 is 0.552 bits per heavy atom. The summed E-state index contributed by atoms with van der Waals surface area (Å²) in [5.74, 6) is -2.38. The van der Waals surface area contributed by atoms with E-state index >= 15 is 0 Å². The van der Waals surface area contributed by atoms with E-state index in [1.165, 1.54) is 89.9 Å². The first-order valence-electron chi connectivity index (χ1n) is 23.0. The Hall–Kier alpha value is -2.30. The Balaban J connectivity index is 4.32. The molecule has 0 spiro atoms. The number of rotatable bonds is 43. The van der Waals surface area contributed by atoms with Crippen molar-refractivity contribution in [3.8, 4) is 0 Å². The van der Waals surface area contributed by atoms with E-state index in [-0.39, 0.29) is 19.4 Å². The van der Waals surface area contributed by atoms with Crippen molar-refractivity contribution in [1.82, 2.24) is 0 Å². The molecule has 0 aliphatic rings. The van der Waals surface area contributed by atoms with Gasteiger partial charge in [-0.3, -0.25) is 23.4 Å². The molecule has 4 N–H and O–H groups in total. The van der Waals surface area contributed by atoms with E-state index in [1.54, 1.807) is 0 Å². The number of phosphoric ester groups is 1. The number of hydrogen-bond acceptors (Lipinski definition) is 9. The van der Waals surface area contributed by atoms with Crippen LogP contribution in [0.25, 0.3) is 0 Å². The number of carbonyl (C=O) groups is 3. The third kappa shape index (κ3) is 40.5. The molecule has 0 amide bonds. The third-order valence-electron chi connectivity index (χ3n) is 9.90. The smallest absolute Gasteiger partial charge is 0.472 e. The Morgan fingerprint density at radius 2 is 0.966 bits per heavy atom. The molecule has 0 aliphatic heterocycles. The standard InChI is InChI=1S/C46H84NO10P/c1-3-5-7-9-11-13-15-17-19-21-23-25-27-29-31-33-35-37-44(48)54-39-42(40-55-58(52,53)56-41-43(47)46(50)51)57-45(49)38-36-34-32-30-28-26-24-22-20-18-16-14-12-10-8-6-4-2/h6,8,12,14,18,20,42-43H,3-5,7,9-11,13,15-17,19,21-41,47H2,1-2H3,(H,50,51)(H,52,53)/b8-6-,14-12-,20-18-. The van der Waals surface area contributed by atoms with Gasteiger partial charge in [0, 0.05) is 12.8 Å². The number of phosphoric acid groups is 1. The zero-order valence-corrected chi connectivity index (χ0v) is 37.5. The number of aliphatic carboxylic acids is 1. The van der Waals surface area contributed by atoms with Gasteiger partial charge in [0.2, 0.25) is 0 Å². The van der Waals surface area contributed by atoms with Crippen molar-refractivity contribution in [1.29, 1.82) is 0 Å². The van der Waals surface area contributed by atoms with Gasteiger partial charge < -0.3 is 25.2 Å². The zero-order chi connectivity index (χ0) is 42.8. The van der Waals surface area contributed by atoms with Crippen molar-refractivity contribution in [3.05, 3.63) is 36.5 Å². The predicted octanol–water partition coefficient (Wildman–Crippen LogP) is 12.4. The van der Waals surface area contributed by atoms with E-state index in [2.05, 4.69) is 54.8 Å². The topological polar surface area (TPSA) is 172 Å². The van der Waals surface area contributed by atoms with Gasteiger partial charge in [-0.2, -0.15) is 0 Å². The summed E-state index contributed by atoms with van der Waals surface area (Å²) in [7, 11) is -4.72. The van der Waals surface area contributed by atoms with Crippen molar-refractivity contribution in [2.45, 2.75) is 219 Å². The number of ether oxygens (including phenoxy) is 2. The van der Waals surface area contributed by atoms with E-state index in [0.29, 0.717) is 12.8 Å². The van der Waals surface area contributed by atoms with Gasteiger partial charge in [-0.05, 0) is 44.9 Å². The summed E-state index contributed by atoms with van der Waals surface area (Å²) in [5.41, 5.74) is 5.34. The first kappa shape index (κ1) is 55.7. The first-order chi connectivity index (χ1) is 28.1. The summed E-state index contributed by atoms with van der Waals surface area (Å²) in [6.45, 7) is 2.71. The molecule has 3 atom stereocenters. The lowest BCUT2D eigenvalue weighted by Crippen LogP contribution is -2.34. The van der Waals surface area contributed by atoms with Gasteiger partial charge in [0.25, 0.3) is 0 Å². The molecule has 0 aromatic carbocycles. The highest BCUT2D eigenvalue weighted by atomic mass is 31.2. The molecule has 0 saturated heterocycles. The highest BCUT2D eigenvalue weighted by Crippen LogP contribution is 2.43. The number of carboxylic acid groups (broad SMARTS) is 1. The van der Waals surface area contributed by atoms with Crippen LogP contribution in [0.2, 0.25) is 0 Å². The molecule has 0 saturated carbocycles. The molecule has 0 aliphatic carbocycles. The molecule has 0 heterocycles. The summed E-state index contributed by atoms with van der Waals surface area (Å²) in [6, 6.07) is -1.52. The van der Waals surface area contributed by atoms with Gasteiger partial charge >= 0.3 is 25.7 Å². The quantitative estimate of drug-likeness (QED) is 0.0231. The van der Waals surface area contributed by atoms with E-state index in [0.717, 1.165) is 77.0 Å². The van der Waals surface area contributed by atoms with Gasteiger partial charge in [0.05, 0.1) is 13.2 Å². The monoisotopic (exact) mass is 842 g/mol. The Kier molecular flexibility index (Phi) is 39.8. The Bertz CT molecular complexity index is 1130. The zero-order valence-electron chi connectivity index (χ0n) is 36.6. The molecule has 0 radical (unpaired) electrons. The minimum Gasteiger partial charge on any atom is -0.480 e. The summed E-state index contributed by atoms with van der Waals surface area (Å²) in [6.07, 6.45) is 44.9. The van der Waals surface area contributed by atoms with Crippen LogP contribution in [0.4, 0.5) is 0 Å². The lowest BCUT2D eigenvalue weighted by atomic mass is 10.0. The minimum absolute atomic E-state index is 0.151. The van der Waals surface area contributed by atoms with Crippen LogP contribution in [0.5, 0.6) is 0 Å². The fourth-order valence-electron chi connectivity index (χ4n) is 6.32. The number of hydrogen-bond donors (Lipinski definition) is 3. The second-order valence-electron chi connectivity index (χ2n) is 15.5. The fourth-order valence-corrected chi connectivity index (χ4v) is 7.09. The summed E-state index contributed by atoms with van der Waals surface area (Å²) < 4.78 is 32.7. The Labute approximate surface area is 353 Å². The number of allylic oxidation sites excluding steroid dienone is 6. The molecule has 0 fully saturated rings. The molecule has 0 rings (SSSR count). The average Bonchev–Trinajstić information content (AvgIpc) is 3.20.